The maximum atomic E-state index is 12.3. The van der Waals surface area contributed by atoms with Crippen LogP contribution in [0.2, 0.25) is 5.02 Å². The lowest BCUT2D eigenvalue weighted by molar-refractivity contribution is -0.117. The van der Waals surface area contributed by atoms with Crippen molar-refractivity contribution in [3.63, 3.8) is 0 Å². The van der Waals surface area contributed by atoms with Crippen molar-refractivity contribution < 1.29 is 14.3 Å². The minimum absolute atomic E-state index is 0.139. The van der Waals surface area contributed by atoms with Gasteiger partial charge in [-0.05, 0) is 50.2 Å². The Hall–Kier alpha value is -2.24. The van der Waals surface area contributed by atoms with Crippen molar-refractivity contribution in [2.45, 2.75) is 13.8 Å². The summed E-state index contributed by atoms with van der Waals surface area (Å²) in [6, 6.07) is 11.2. The van der Waals surface area contributed by atoms with Crippen molar-refractivity contribution >= 4 is 23.2 Å². The van der Waals surface area contributed by atoms with E-state index >= 15 is 0 Å². The number of likely N-dealkylation sites (N-methyl/N-ethyl adjacent to an activating group) is 1. The van der Waals surface area contributed by atoms with Crippen molar-refractivity contribution in [1.29, 1.82) is 0 Å². The molecular formula is C20H25ClN2O3. The Kier molecular flexibility index (Phi) is 7.30. The van der Waals surface area contributed by atoms with Gasteiger partial charge in [0.1, 0.15) is 18.1 Å². The number of hydrogen-bond donors (Lipinski definition) is 1. The number of rotatable bonds is 8. The number of methoxy groups -OCH3 is 1. The third-order valence-electron chi connectivity index (χ3n) is 3.98. The second-order valence-electron chi connectivity index (χ2n) is 6.20. The van der Waals surface area contributed by atoms with E-state index in [4.69, 9.17) is 21.1 Å². The quantitative estimate of drug-likeness (QED) is 0.758. The minimum Gasteiger partial charge on any atom is -0.495 e. The van der Waals surface area contributed by atoms with E-state index in [1.54, 1.807) is 25.3 Å². The van der Waals surface area contributed by atoms with E-state index in [1.165, 1.54) is 0 Å². The number of nitrogens with one attached hydrogen (secondary N) is 1. The first-order valence-electron chi connectivity index (χ1n) is 8.41. The molecule has 6 heteroatoms. The molecule has 0 aliphatic rings. The molecule has 0 fully saturated rings. The Morgan fingerprint density at radius 3 is 2.54 bits per heavy atom. The van der Waals surface area contributed by atoms with Crippen LogP contribution >= 0.6 is 11.6 Å². The fourth-order valence-electron chi connectivity index (χ4n) is 2.62. The van der Waals surface area contributed by atoms with Gasteiger partial charge in [0.25, 0.3) is 0 Å². The molecule has 2 aromatic rings. The highest BCUT2D eigenvalue weighted by molar-refractivity contribution is 6.31. The fourth-order valence-corrected chi connectivity index (χ4v) is 2.79. The molecule has 1 N–H and O–H groups in total. The van der Waals surface area contributed by atoms with E-state index < -0.39 is 0 Å². The van der Waals surface area contributed by atoms with Crippen molar-refractivity contribution in [3.8, 4) is 11.5 Å². The minimum atomic E-state index is -0.139. The summed E-state index contributed by atoms with van der Waals surface area (Å²) in [4.78, 5) is 14.2. The SMILES string of the molecule is COc1ccc(Cl)cc1NC(=O)CN(C)CCOc1c(C)cccc1C. The Balaban J connectivity index is 1.83. The summed E-state index contributed by atoms with van der Waals surface area (Å²) in [5.74, 6) is 1.35. The van der Waals surface area contributed by atoms with Crippen LogP contribution < -0.4 is 14.8 Å². The molecule has 0 heterocycles. The number of nitrogens with zero attached hydrogens (tertiary/aromatic N) is 1. The maximum absolute atomic E-state index is 12.3. The molecule has 5 nitrogen and oxygen atoms in total. The van der Waals surface area contributed by atoms with Gasteiger partial charge < -0.3 is 14.8 Å². The van der Waals surface area contributed by atoms with Gasteiger partial charge in [0.15, 0.2) is 0 Å². The first-order valence-corrected chi connectivity index (χ1v) is 8.79. The summed E-state index contributed by atoms with van der Waals surface area (Å²) in [6.45, 7) is 5.44. The van der Waals surface area contributed by atoms with E-state index in [1.807, 2.05) is 44.0 Å². The van der Waals surface area contributed by atoms with Gasteiger partial charge in [0.2, 0.25) is 5.91 Å². The molecule has 1 amide bonds. The third kappa shape index (κ3) is 5.64. The van der Waals surface area contributed by atoms with Gasteiger partial charge >= 0.3 is 0 Å². The van der Waals surface area contributed by atoms with E-state index in [-0.39, 0.29) is 12.5 Å². The van der Waals surface area contributed by atoms with E-state index in [9.17, 15) is 4.79 Å². The van der Waals surface area contributed by atoms with Crippen LogP contribution in [0.3, 0.4) is 0 Å². The number of anilines is 1. The Bertz CT molecular complexity index is 744. The van der Waals surface area contributed by atoms with Crippen LogP contribution in [-0.2, 0) is 4.79 Å². The lowest BCUT2D eigenvalue weighted by Crippen LogP contribution is -2.33. The molecule has 0 radical (unpaired) electrons. The van der Waals surface area contributed by atoms with Gasteiger partial charge in [-0.2, -0.15) is 0 Å². The van der Waals surface area contributed by atoms with Crippen LogP contribution in [0.1, 0.15) is 11.1 Å². The van der Waals surface area contributed by atoms with Crippen LogP contribution in [-0.4, -0.2) is 44.7 Å². The number of carbonyl (C=O) groups excluding carboxylic acids is 1. The van der Waals surface area contributed by atoms with Crippen molar-refractivity contribution in [1.82, 2.24) is 4.90 Å². The normalized spacial score (nSPS) is 10.7. The van der Waals surface area contributed by atoms with E-state index in [0.717, 1.165) is 16.9 Å². The first-order chi connectivity index (χ1) is 12.4. The molecule has 26 heavy (non-hydrogen) atoms. The zero-order valence-corrected chi connectivity index (χ0v) is 16.4. The van der Waals surface area contributed by atoms with Crippen LogP contribution in [0.25, 0.3) is 0 Å². The summed E-state index contributed by atoms with van der Waals surface area (Å²) >= 11 is 5.98. The molecule has 0 saturated carbocycles. The number of benzene rings is 2. The Labute approximate surface area is 159 Å². The smallest absolute Gasteiger partial charge is 0.238 e. The number of halogens is 1. The van der Waals surface area contributed by atoms with Crippen LogP contribution in [0, 0.1) is 13.8 Å². The monoisotopic (exact) mass is 376 g/mol. The lowest BCUT2D eigenvalue weighted by Gasteiger charge is -2.18. The molecule has 0 unspecified atom stereocenters. The molecule has 0 aliphatic carbocycles. The highest BCUT2D eigenvalue weighted by Crippen LogP contribution is 2.27. The van der Waals surface area contributed by atoms with Gasteiger partial charge in [-0.1, -0.05) is 29.8 Å². The molecule has 0 aliphatic heterocycles. The van der Waals surface area contributed by atoms with Gasteiger partial charge in [0.05, 0.1) is 19.3 Å². The largest absolute Gasteiger partial charge is 0.495 e. The predicted octanol–water partition coefficient (Wildman–Crippen LogP) is 3.91. The molecule has 0 saturated heterocycles. The Morgan fingerprint density at radius 1 is 1.19 bits per heavy atom. The topological polar surface area (TPSA) is 50.8 Å². The van der Waals surface area contributed by atoms with Crippen LogP contribution in [0.15, 0.2) is 36.4 Å². The molecule has 0 aromatic heterocycles. The molecular weight excluding hydrogens is 352 g/mol. The maximum Gasteiger partial charge on any atom is 0.238 e. The van der Waals surface area contributed by atoms with Gasteiger partial charge in [-0.3, -0.25) is 9.69 Å². The average Bonchev–Trinajstić information content (AvgIpc) is 2.57. The number of aryl methyl sites for hydroxylation is 2. The molecule has 0 atom stereocenters. The van der Waals surface area contributed by atoms with Crippen molar-refractivity contribution in [2.24, 2.45) is 0 Å². The predicted molar refractivity (Wildman–Crippen MR) is 106 cm³/mol. The molecule has 0 bridgehead atoms. The van der Waals surface area contributed by atoms with Crippen LogP contribution in [0.5, 0.6) is 11.5 Å². The number of carbonyl (C=O) groups is 1. The van der Waals surface area contributed by atoms with E-state index in [2.05, 4.69) is 5.32 Å². The lowest BCUT2D eigenvalue weighted by atomic mass is 10.1. The average molecular weight is 377 g/mol. The summed E-state index contributed by atoms with van der Waals surface area (Å²) in [7, 11) is 3.43. The van der Waals surface area contributed by atoms with E-state index in [0.29, 0.717) is 29.6 Å². The van der Waals surface area contributed by atoms with Gasteiger partial charge in [0, 0.05) is 11.6 Å². The molecule has 2 rings (SSSR count). The van der Waals surface area contributed by atoms with Crippen molar-refractivity contribution in [2.75, 3.05) is 39.2 Å². The van der Waals surface area contributed by atoms with Gasteiger partial charge in [-0.25, -0.2) is 0 Å². The second kappa shape index (κ2) is 9.46. The highest BCUT2D eigenvalue weighted by Gasteiger charge is 2.11. The summed E-state index contributed by atoms with van der Waals surface area (Å²) < 4.78 is 11.1. The van der Waals surface area contributed by atoms with Crippen molar-refractivity contribution in [3.05, 3.63) is 52.5 Å². The number of amides is 1. The van der Waals surface area contributed by atoms with Gasteiger partial charge in [-0.15, -0.1) is 0 Å². The summed E-state index contributed by atoms with van der Waals surface area (Å²) in [5, 5.41) is 3.37. The zero-order valence-electron chi connectivity index (χ0n) is 15.6. The third-order valence-corrected chi connectivity index (χ3v) is 4.21. The van der Waals surface area contributed by atoms with Crippen LogP contribution in [0.4, 0.5) is 5.69 Å². The molecule has 0 spiro atoms. The first kappa shape index (κ1) is 20.1. The molecule has 2 aromatic carbocycles. The number of ether oxygens (including phenoxy) is 2. The Morgan fingerprint density at radius 2 is 1.88 bits per heavy atom. The highest BCUT2D eigenvalue weighted by atomic mass is 35.5. The number of para-hydroxylation sites is 1. The summed E-state index contributed by atoms with van der Waals surface area (Å²) in [6.07, 6.45) is 0. The number of hydrogen-bond acceptors (Lipinski definition) is 4. The fraction of sp³-hybridized carbons (Fsp3) is 0.350. The standard InChI is InChI=1S/C20H25ClN2O3/c1-14-6-5-7-15(2)20(14)26-11-10-23(3)13-19(24)22-17-12-16(21)8-9-18(17)25-4/h5-9,12H,10-11,13H2,1-4H3,(H,22,24). The molecule has 140 valence electrons. The second-order valence-corrected chi connectivity index (χ2v) is 6.64. The summed E-state index contributed by atoms with van der Waals surface area (Å²) in [5.41, 5.74) is 2.78. The zero-order chi connectivity index (χ0) is 19.1.